The van der Waals surface area contributed by atoms with Crippen LogP contribution in [0.4, 0.5) is 10.3 Å². The molecule has 0 saturated carbocycles. The number of halogens is 1. The molecule has 17 heteroatoms. The number of anilines is 2. The molecule has 0 unspecified atom stereocenters. The molecule has 5 aromatic carbocycles. The number of sulfonamides is 2. The SMILES string of the molecule is Cc1ccc(Cc2nsc(N3CCN(S(=O)(=O)c4ccc(Cl)cc4)CC3)n2)cc1.Cc1ccc(Cc2nsc(N3CCN(S(=O)(=O)c4ccc5ccccc5c4)CC3)n2)cc1. The van der Waals surface area contributed by atoms with Gasteiger partial charge in [-0.05, 0) is 72.1 Å². The quantitative estimate of drug-likeness (QED) is 0.135. The summed E-state index contributed by atoms with van der Waals surface area (Å²) < 4.78 is 64.1. The van der Waals surface area contributed by atoms with Crippen LogP contribution < -0.4 is 9.80 Å². The van der Waals surface area contributed by atoms with E-state index in [-0.39, 0.29) is 4.90 Å². The van der Waals surface area contributed by atoms with Crippen LogP contribution in [0, 0.1) is 13.8 Å². The number of nitrogens with zero attached hydrogens (tertiary/aromatic N) is 8. The van der Waals surface area contributed by atoms with Gasteiger partial charge in [-0.25, -0.2) is 26.8 Å². The highest BCUT2D eigenvalue weighted by Crippen LogP contribution is 2.27. The van der Waals surface area contributed by atoms with Crippen LogP contribution in [0.25, 0.3) is 10.8 Å². The molecule has 2 aliphatic heterocycles. The van der Waals surface area contributed by atoms with Crippen LogP contribution in [0.2, 0.25) is 5.02 Å². The fourth-order valence-electron chi connectivity index (χ4n) is 7.14. The van der Waals surface area contributed by atoms with Crippen molar-refractivity contribution in [2.45, 2.75) is 36.5 Å². The summed E-state index contributed by atoms with van der Waals surface area (Å²) in [5.74, 6) is 1.60. The van der Waals surface area contributed by atoms with Crippen molar-refractivity contribution in [3.05, 3.63) is 154 Å². The molecule has 316 valence electrons. The van der Waals surface area contributed by atoms with E-state index >= 15 is 0 Å². The number of hydrogen-bond acceptors (Lipinski definition) is 12. The summed E-state index contributed by atoms with van der Waals surface area (Å²) in [5.41, 5.74) is 4.83. The summed E-state index contributed by atoms with van der Waals surface area (Å²) in [5, 5.41) is 4.19. The highest BCUT2D eigenvalue weighted by molar-refractivity contribution is 7.89. The number of aromatic nitrogens is 4. The largest absolute Gasteiger partial charge is 0.344 e. The molecule has 61 heavy (non-hydrogen) atoms. The van der Waals surface area contributed by atoms with Crippen LogP contribution in [0.5, 0.6) is 0 Å². The Morgan fingerprint density at radius 2 is 0.951 bits per heavy atom. The average Bonchev–Trinajstić information content (AvgIpc) is 3.96. The molecule has 0 N–H and O–H groups in total. The van der Waals surface area contributed by atoms with E-state index in [2.05, 4.69) is 85.9 Å². The van der Waals surface area contributed by atoms with Gasteiger partial charge in [0.15, 0.2) is 0 Å². The first-order valence-electron chi connectivity index (χ1n) is 19.9. The van der Waals surface area contributed by atoms with Gasteiger partial charge in [0.2, 0.25) is 30.3 Å². The van der Waals surface area contributed by atoms with E-state index in [0.29, 0.717) is 75.1 Å². The Hall–Kier alpha value is -4.81. The van der Waals surface area contributed by atoms with Crippen molar-refractivity contribution in [2.75, 3.05) is 62.2 Å². The van der Waals surface area contributed by atoms with Crippen LogP contribution in [0.15, 0.2) is 125 Å². The van der Waals surface area contributed by atoms with Crippen molar-refractivity contribution in [1.29, 1.82) is 0 Å². The van der Waals surface area contributed by atoms with E-state index in [0.717, 1.165) is 32.7 Å². The molecule has 0 spiro atoms. The molecule has 9 rings (SSSR count). The summed E-state index contributed by atoms with van der Waals surface area (Å²) in [6.45, 7) is 8.22. The van der Waals surface area contributed by atoms with Crippen molar-refractivity contribution >= 4 is 75.7 Å². The van der Waals surface area contributed by atoms with Gasteiger partial charge in [-0.1, -0.05) is 102 Å². The number of aryl methyl sites for hydroxylation is 2. The Labute approximate surface area is 370 Å². The van der Waals surface area contributed by atoms with Gasteiger partial charge in [-0.2, -0.15) is 17.4 Å². The fraction of sp³-hybridized carbons (Fsp3) is 0.273. The summed E-state index contributed by atoms with van der Waals surface area (Å²) in [7, 11) is -7.03. The zero-order chi connectivity index (χ0) is 42.6. The third-order valence-electron chi connectivity index (χ3n) is 10.7. The van der Waals surface area contributed by atoms with Crippen molar-refractivity contribution in [3.63, 3.8) is 0 Å². The number of fused-ring (bicyclic) bond motifs is 1. The van der Waals surface area contributed by atoms with E-state index in [1.807, 2.05) is 30.3 Å². The molecule has 2 saturated heterocycles. The van der Waals surface area contributed by atoms with Crippen molar-refractivity contribution in [3.8, 4) is 0 Å². The Kier molecular flexibility index (Phi) is 13.1. The lowest BCUT2D eigenvalue weighted by Gasteiger charge is -2.33. The van der Waals surface area contributed by atoms with Gasteiger partial charge in [0, 0.05) is 93.3 Å². The van der Waals surface area contributed by atoms with E-state index in [4.69, 9.17) is 16.6 Å². The first kappa shape index (κ1) is 42.9. The van der Waals surface area contributed by atoms with Gasteiger partial charge >= 0.3 is 0 Å². The maximum absolute atomic E-state index is 13.2. The second-order valence-electron chi connectivity index (χ2n) is 15.1. The third-order valence-corrected chi connectivity index (χ3v) is 16.4. The van der Waals surface area contributed by atoms with Crippen LogP contribution in [-0.4, -0.2) is 96.5 Å². The standard InChI is InChI=1S/C24H24N4O2S2.C20H21ClN4O2S2/c1-18-6-8-19(9-7-18)16-23-25-24(31-26-23)27-12-14-28(15-13-27)32(29,30)22-11-10-20-4-2-3-5-21(20)17-22;1-15-2-4-16(5-3-15)14-19-22-20(28-23-19)24-10-12-25(13-11-24)29(26,27)18-8-6-17(21)7-9-18/h2-11,17H,12-16H2,1H3;2-9H,10-14H2,1H3. The molecule has 0 bridgehead atoms. The summed E-state index contributed by atoms with van der Waals surface area (Å²) >= 11 is 8.62. The van der Waals surface area contributed by atoms with Crippen molar-refractivity contribution in [1.82, 2.24) is 27.3 Å². The van der Waals surface area contributed by atoms with E-state index in [1.165, 1.54) is 49.6 Å². The van der Waals surface area contributed by atoms with E-state index in [9.17, 15) is 16.8 Å². The monoisotopic (exact) mass is 912 g/mol. The Balaban J connectivity index is 0.000000169. The predicted octanol–water partition coefficient (Wildman–Crippen LogP) is 7.70. The summed E-state index contributed by atoms with van der Waals surface area (Å²) in [4.78, 5) is 14.2. The van der Waals surface area contributed by atoms with Gasteiger partial charge < -0.3 is 9.80 Å². The minimum absolute atomic E-state index is 0.270. The number of hydrogen-bond donors (Lipinski definition) is 0. The zero-order valence-electron chi connectivity index (χ0n) is 33.8. The van der Waals surface area contributed by atoms with Crippen LogP contribution in [0.3, 0.4) is 0 Å². The minimum atomic E-state index is -3.52. The topological polar surface area (TPSA) is 133 Å². The molecule has 0 aliphatic carbocycles. The molecule has 7 aromatic rings. The highest BCUT2D eigenvalue weighted by atomic mass is 35.5. The summed E-state index contributed by atoms with van der Waals surface area (Å²) in [6.07, 6.45) is 1.40. The molecule has 2 fully saturated rings. The first-order chi connectivity index (χ1) is 29.4. The predicted molar refractivity (Wildman–Crippen MR) is 245 cm³/mol. The van der Waals surface area contributed by atoms with Crippen molar-refractivity contribution in [2.24, 2.45) is 0 Å². The average molecular weight is 914 g/mol. The number of piperazine rings is 2. The Morgan fingerprint density at radius 1 is 0.525 bits per heavy atom. The maximum atomic E-state index is 13.2. The molecule has 12 nitrogen and oxygen atoms in total. The lowest BCUT2D eigenvalue weighted by atomic mass is 10.1. The normalized spacial score (nSPS) is 15.5. The maximum Gasteiger partial charge on any atom is 0.243 e. The molecule has 2 aliphatic rings. The van der Waals surface area contributed by atoms with Gasteiger partial charge in [-0.15, -0.1) is 0 Å². The fourth-order valence-corrected chi connectivity index (χ4v) is 11.6. The van der Waals surface area contributed by atoms with Crippen molar-refractivity contribution < 1.29 is 16.8 Å². The van der Waals surface area contributed by atoms with Crippen LogP contribution in [0.1, 0.15) is 33.9 Å². The third kappa shape index (κ3) is 10.3. The second-order valence-corrected chi connectivity index (χ2v) is 20.8. The smallest absolute Gasteiger partial charge is 0.243 e. The second kappa shape index (κ2) is 18.7. The van der Waals surface area contributed by atoms with E-state index < -0.39 is 20.0 Å². The number of rotatable bonds is 10. The number of benzene rings is 5. The minimum Gasteiger partial charge on any atom is -0.344 e. The lowest BCUT2D eigenvalue weighted by Crippen LogP contribution is -2.48. The first-order valence-corrected chi connectivity index (χ1v) is 24.7. The zero-order valence-corrected chi connectivity index (χ0v) is 37.8. The molecule has 2 aromatic heterocycles. The van der Waals surface area contributed by atoms with Crippen LogP contribution >= 0.6 is 34.7 Å². The molecular formula is C44H45ClN8O4S4. The molecular weight excluding hydrogens is 868 g/mol. The highest BCUT2D eigenvalue weighted by Gasteiger charge is 2.31. The Morgan fingerprint density at radius 3 is 1.43 bits per heavy atom. The van der Waals surface area contributed by atoms with Crippen LogP contribution in [-0.2, 0) is 32.9 Å². The molecule has 0 atom stereocenters. The summed E-state index contributed by atoms with van der Waals surface area (Å²) in [6, 6.07) is 36.2. The van der Waals surface area contributed by atoms with E-state index in [1.54, 1.807) is 40.7 Å². The van der Waals surface area contributed by atoms with Gasteiger partial charge in [0.05, 0.1) is 9.79 Å². The molecule has 0 radical (unpaired) electrons. The van der Waals surface area contributed by atoms with Gasteiger partial charge in [-0.3, -0.25) is 0 Å². The van der Waals surface area contributed by atoms with Gasteiger partial charge in [0.1, 0.15) is 11.6 Å². The van der Waals surface area contributed by atoms with Gasteiger partial charge in [0.25, 0.3) is 0 Å². The Bertz CT molecular complexity index is 2800. The molecule has 0 amide bonds. The lowest BCUT2D eigenvalue weighted by molar-refractivity contribution is 0.384. The molecule has 4 heterocycles.